The molecule has 1 heterocycles. The number of rotatable bonds is 7. The van der Waals surface area contributed by atoms with Crippen molar-refractivity contribution in [1.82, 2.24) is 14.7 Å². The molecule has 1 amide bonds. The van der Waals surface area contributed by atoms with Crippen LogP contribution in [0.1, 0.15) is 42.6 Å². The molecule has 0 atom stereocenters. The van der Waals surface area contributed by atoms with Crippen LogP contribution in [0.25, 0.3) is 0 Å². The summed E-state index contributed by atoms with van der Waals surface area (Å²) in [5, 5.41) is 0. The minimum atomic E-state index is -3.61. The Bertz CT molecular complexity index is 637. The zero-order valence-corrected chi connectivity index (χ0v) is 13.0. The summed E-state index contributed by atoms with van der Waals surface area (Å²) < 4.78 is 31.2. The third kappa shape index (κ3) is 4.16. The molecule has 2 fully saturated rings. The largest absolute Gasteiger partial charge is 0.476 e. The first kappa shape index (κ1) is 15.2. The van der Waals surface area contributed by atoms with E-state index in [0.29, 0.717) is 18.4 Å². The average molecular weight is 325 g/mol. The van der Waals surface area contributed by atoms with Crippen molar-refractivity contribution in [2.45, 2.75) is 32.1 Å². The Kier molecular flexibility index (Phi) is 4.28. The fraction of sp³-hybridized carbons (Fsp3) is 0.643. The maximum atomic E-state index is 11.9. The molecule has 2 aliphatic carbocycles. The lowest BCUT2D eigenvalue weighted by molar-refractivity contribution is 0.0975. The predicted molar refractivity (Wildman–Crippen MR) is 78.8 cm³/mol. The van der Waals surface area contributed by atoms with Crippen LogP contribution >= 0.6 is 0 Å². The van der Waals surface area contributed by atoms with Gasteiger partial charge in [0.25, 0.3) is 5.91 Å². The molecule has 0 bridgehead atoms. The highest BCUT2D eigenvalue weighted by molar-refractivity contribution is 7.90. The van der Waals surface area contributed by atoms with E-state index >= 15 is 0 Å². The molecule has 0 radical (unpaired) electrons. The Hall–Kier alpha value is -1.70. The molecular weight excluding hydrogens is 306 g/mol. The number of carbonyl (C=O) groups excluding carboxylic acids is 1. The van der Waals surface area contributed by atoms with E-state index in [1.165, 1.54) is 25.2 Å². The number of sulfonamides is 1. The predicted octanol–water partition coefficient (Wildman–Crippen LogP) is 1.13. The minimum Gasteiger partial charge on any atom is -0.476 e. The Morgan fingerprint density at radius 1 is 1.18 bits per heavy atom. The molecule has 0 unspecified atom stereocenters. The van der Waals surface area contributed by atoms with Crippen molar-refractivity contribution in [3.63, 3.8) is 0 Å². The second-order valence-electron chi connectivity index (χ2n) is 6.00. The minimum absolute atomic E-state index is 0.00521. The fourth-order valence-corrected chi connectivity index (χ4v) is 3.62. The molecular formula is C14H19N3O4S. The van der Waals surface area contributed by atoms with Crippen LogP contribution in [0.5, 0.6) is 5.88 Å². The van der Waals surface area contributed by atoms with Crippen molar-refractivity contribution in [1.29, 1.82) is 0 Å². The molecule has 120 valence electrons. The molecule has 1 aromatic heterocycles. The van der Waals surface area contributed by atoms with Gasteiger partial charge in [0.15, 0.2) is 0 Å². The molecule has 22 heavy (non-hydrogen) atoms. The van der Waals surface area contributed by atoms with Crippen molar-refractivity contribution < 1.29 is 17.9 Å². The maximum absolute atomic E-state index is 11.9. The summed E-state index contributed by atoms with van der Waals surface area (Å²) in [6.45, 7) is 0.607. The molecule has 0 saturated heterocycles. The molecule has 2 aliphatic rings. The van der Waals surface area contributed by atoms with Crippen molar-refractivity contribution in [2.75, 3.05) is 12.4 Å². The Balaban J connectivity index is 1.54. The van der Waals surface area contributed by atoms with E-state index < -0.39 is 15.9 Å². The third-order valence-corrected chi connectivity index (χ3v) is 5.36. The highest BCUT2D eigenvalue weighted by Gasteiger charge is 2.26. The van der Waals surface area contributed by atoms with Gasteiger partial charge in [-0.1, -0.05) is 6.42 Å². The summed E-state index contributed by atoms with van der Waals surface area (Å²) >= 11 is 0. The first-order valence-corrected chi connectivity index (χ1v) is 9.17. The van der Waals surface area contributed by atoms with Crippen LogP contribution in [-0.4, -0.2) is 36.7 Å². The van der Waals surface area contributed by atoms with Crippen LogP contribution in [0.3, 0.4) is 0 Å². The summed E-state index contributed by atoms with van der Waals surface area (Å²) in [5.74, 6) is 0.353. The standard InChI is InChI=1S/C14H19N3O4S/c18-14(17-22(19,20)9-11-2-1-3-11)12-6-16-13(7-15-12)21-8-10-4-5-10/h6-7,10-11H,1-5,8-9H2,(H,17,18). The number of nitrogens with zero attached hydrogens (tertiary/aromatic N) is 2. The third-order valence-electron chi connectivity index (χ3n) is 3.95. The van der Waals surface area contributed by atoms with E-state index in [0.717, 1.165) is 19.3 Å². The van der Waals surface area contributed by atoms with Gasteiger partial charge in [-0.2, -0.15) is 0 Å². The van der Waals surface area contributed by atoms with Crippen LogP contribution < -0.4 is 9.46 Å². The van der Waals surface area contributed by atoms with Crippen LogP contribution in [0.15, 0.2) is 12.4 Å². The second kappa shape index (κ2) is 6.20. The number of hydrogen-bond donors (Lipinski definition) is 1. The molecule has 1 N–H and O–H groups in total. The zero-order valence-electron chi connectivity index (χ0n) is 12.2. The van der Waals surface area contributed by atoms with Gasteiger partial charge in [0, 0.05) is 0 Å². The lowest BCUT2D eigenvalue weighted by atomic mass is 9.87. The Morgan fingerprint density at radius 2 is 1.95 bits per heavy atom. The van der Waals surface area contributed by atoms with E-state index in [9.17, 15) is 13.2 Å². The molecule has 0 aliphatic heterocycles. The molecule has 2 saturated carbocycles. The normalized spacial score (nSPS) is 18.5. The van der Waals surface area contributed by atoms with Crippen LogP contribution in [0, 0.1) is 11.8 Å². The van der Waals surface area contributed by atoms with E-state index in [1.54, 1.807) is 0 Å². The van der Waals surface area contributed by atoms with Gasteiger partial charge < -0.3 is 4.74 Å². The van der Waals surface area contributed by atoms with Gasteiger partial charge >= 0.3 is 0 Å². The summed E-state index contributed by atoms with van der Waals surface area (Å²) in [5.41, 5.74) is -0.0315. The molecule has 0 aromatic carbocycles. The quantitative estimate of drug-likeness (QED) is 0.807. The van der Waals surface area contributed by atoms with Gasteiger partial charge in [0.1, 0.15) is 5.69 Å². The Morgan fingerprint density at radius 3 is 2.50 bits per heavy atom. The van der Waals surface area contributed by atoms with Crippen molar-refractivity contribution in [3.8, 4) is 5.88 Å². The van der Waals surface area contributed by atoms with Crippen molar-refractivity contribution >= 4 is 15.9 Å². The smallest absolute Gasteiger partial charge is 0.284 e. The Labute approximate surface area is 129 Å². The topological polar surface area (TPSA) is 98.2 Å². The number of hydrogen-bond acceptors (Lipinski definition) is 6. The van der Waals surface area contributed by atoms with E-state index in [4.69, 9.17) is 4.74 Å². The molecule has 0 spiro atoms. The summed E-state index contributed by atoms with van der Waals surface area (Å²) in [6, 6.07) is 0. The SMILES string of the molecule is O=C(NS(=O)(=O)CC1CCC1)c1cnc(OCC2CC2)cn1. The number of ether oxygens (including phenoxy) is 1. The van der Waals surface area contributed by atoms with Gasteiger partial charge in [-0.05, 0) is 37.5 Å². The summed E-state index contributed by atoms with van der Waals surface area (Å²) in [6.07, 6.45) is 7.79. The number of amides is 1. The number of carbonyl (C=O) groups is 1. The highest BCUT2D eigenvalue weighted by atomic mass is 32.2. The fourth-order valence-electron chi connectivity index (χ4n) is 2.20. The molecule has 7 nitrogen and oxygen atoms in total. The zero-order chi connectivity index (χ0) is 15.6. The first-order valence-electron chi connectivity index (χ1n) is 7.51. The average Bonchev–Trinajstić information content (AvgIpc) is 3.25. The van der Waals surface area contributed by atoms with Gasteiger partial charge in [-0.25, -0.2) is 23.1 Å². The molecule has 3 rings (SSSR count). The van der Waals surface area contributed by atoms with Crippen LogP contribution in [0.4, 0.5) is 0 Å². The van der Waals surface area contributed by atoms with Crippen LogP contribution in [0.2, 0.25) is 0 Å². The van der Waals surface area contributed by atoms with Gasteiger partial charge in [-0.3, -0.25) is 4.79 Å². The lowest BCUT2D eigenvalue weighted by Gasteiger charge is -2.24. The molecule has 8 heteroatoms. The monoisotopic (exact) mass is 325 g/mol. The summed E-state index contributed by atoms with van der Waals surface area (Å²) in [4.78, 5) is 19.8. The number of aromatic nitrogens is 2. The highest BCUT2D eigenvalue weighted by Crippen LogP contribution is 2.29. The molecule has 1 aromatic rings. The second-order valence-corrected chi connectivity index (χ2v) is 7.77. The lowest BCUT2D eigenvalue weighted by Crippen LogP contribution is -2.36. The van der Waals surface area contributed by atoms with E-state index in [-0.39, 0.29) is 17.4 Å². The van der Waals surface area contributed by atoms with Crippen molar-refractivity contribution in [3.05, 3.63) is 18.1 Å². The number of nitrogens with one attached hydrogen (secondary N) is 1. The summed E-state index contributed by atoms with van der Waals surface area (Å²) in [7, 11) is -3.61. The van der Waals surface area contributed by atoms with E-state index in [1.807, 2.05) is 4.72 Å². The van der Waals surface area contributed by atoms with Crippen LogP contribution in [-0.2, 0) is 10.0 Å². The van der Waals surface area contributed by atoms with E-state index in [2.05, 4.69) is 9.97 Å². The van der Waals surface area contributed by atoms with Crippen molar-refractivity contribution in [2.24, 2.45) is 11.8 Å². The first-order chi connectivity index (χ1) is 10.5. The van der Waals surface area contributed by atoms with Gasteiger partial charge in [0.05, 0.1) is 24.8 Å². The van der Waals surface area contributed by atoms with Gasteiger partial charge in [0.2, 0.25) is 15.9 Å². The maximum Gasteiger partial charge on any atom is 0.284 e. The van der Waals surface area contributed by atoms with Gasteiger partial charge in [-0.15, -0.1) is 0 Å².